The molecular weight excluding hydrogens is 392 g/mol. The summed E-state index contributed by atoms with van der Waals surface area (Å²) in [7, 11) is 0. The number of fused-ring (bicyclic) bond motifs is 3. The second kappa shape index (κ2) is 6.97. The van der Waals surface area contributed by atoms with Crippen LogP contribution < -0.4 is 16.2 Å². The van der Waals surface area contributed by atoms with E-state index in [1.54, 1.807) is 11.8 Å². The molecule has 5 nitrogen and oxygen atoms in total. The predicted molar refractivity (Wildman–Crippen MR) is 121 cm³/mol. The van der Waals surface area contributed by atoms with Crippen molar-refractivity contribution >= 4 is 34.0 Å². The van der Waals surface area contributed by atoms with E-state index in [0.717, 1.165) is 21.8 Å². The Morgan fingerprint density at radius 3 is 2.63 bits per heavy atom. The molecule has 1 aromatic heterocycles. The van der Waals surface area contributed by atoms with Gasteiger partial charge in [-0.05, 0) is 35.9 Å². The quantitative estimate of drug-likeness (QED) is 0.448. The van der Waals surface area contributed by atoms with E-state index in [4.69, 9.17) is 16.2 Å². The van der Waals surface area contributed by atoms with Crippen LogP contribution in [0.2, 0.25) is 0 Å². The van der Waals surface area contributed by atoms with Gasteiger partial charge in [0.1, 0.15) is 23.2 Å². The van der Waals surface area contributed by atoms with E-state index < -0.39 is 0 Å². The maximum Gasteiger partial charge on any atom is 0.228 e. The summed E-state index contributed by atoms with van der Waals surface area (Å²) >= 11 is 1.66. The van der Waals surface area contributed by atoms with Crippen molar-refractivity contribution in [3.05, 3.63) is 82.9 Å². The molecule has 30 heavy (non-hydrogen) atoms. The first-order valence-corrected chi connectivity index (χ1v) is 10.4. The van der Waals surface area contributed by atoms with Gasteiger partial charge >= 0.3 is 0 Å². The molecule has 0 aliphatic carbocycles. The van der Waals surface area contributed by atoms with E-state index >= 15 is 0 Å². The minimum absolute atomic E-state index is 0.0822. The van der Waals surface area contributed by atoms with Crippen LogP contribution in [-0.2, 0) is 0 Å². The van der Waals surface area contributed by atoms with Gasteiger partial charge in [-0.2, -0.15) is 10.2 Å². The van der Waals surface area contributed by atoms with Gasteiger partial charge in [0.2, 0.25) is 5.88 Å². The molecule has 5 rings (SSSR count). The van der Waals surface area contributed by atoms with Crippen molar-refractivity contribution in [2.75, 3.05) is 11.5 Å². The van der Waals surface area contributed by atoms with Gasteiger partial charge < -0.3 is 16.2 Å². The number of hydrogen-bond acceptors (Lipinski definition) is 6. The topological polar surface area (TPSA) is 98.0 Å². The van der Waals surface area contributed by atoms with Crippen LogP contribution >= 0.6 is 11.8 Å². The number of thioether (sulfide) groups is 1. The molecule has 0 bridgehead atoms. The number of aromatic nitrogens is 1. The molecule has 0 fully saturated rings. The summed E-state index contributed by atoms with van der Waals surface area (Å²) in [5, 5.41) is 11.7. The molecule has 1 aliphatic heterocycles. The number of nitrogens with zero attached hydrogens (tertiary/aromatic N) is 2. The maximum atomic E-state index is 9.54. The zero-order chi connectivity index (χ0) is 20.8. The maximum absolute atomic E-state index is 9.54. The Morgan fingerprint density at radius 2 is 1.83 bits per heavy atom. The molecule has 1 unspecified atom stereocenters. The molecule has 6 heteroatoms. The predicted octanol–water partition coefficient (Wildman–Crippen LogP) is 5.57. The van der Waals surface area contributed by atoms with E-state index in [1.807, 2.05) is 31.2 Å². The lowest BCUT2D eigenvalue weighted by atomic mass is 9.97. The van der Waals surface area contributed by atoms with Crippen molar-refractivity contribution in [1.29, 1.82) is 5.26 Å². The van der Waals surface area contributed by atoms with Gasteiger partial charge in [-0.3, -0.25) is 0 Å². The van der Waals surface area contributed by atoms with Crippen LogP contribution in [0.15, 0.2) is 65.6 Å². The SMILES string of the molecule is Cc1ccc2c(c1)C(Sc1ccc3ccccc3c1)c1c(nc(N)c(C#N)c1N)O2. The van der Waals surface area contributed by atoms with Crippen molar-refractivity contribution in [1.82, 2.24) is 4.98 Å². The highest BCUT2D eigenvalue weighted by atomic mass is 32.2. The number of nitrogens with two attached hydrogens (primary N) is 2. The van der Waals surface area contributed by atoms with Crippen molar-refractivity contribution in [2.24, 2.45) is 0 Å². The minimum Gasteiger partial charge on any atom is -0.438 e. The van der Waals surface area contributed by atoms with E-state index in [2.05, 4.69) is 47.5 Å². The molecule has 0 saturated heterocycles. The zero-order valence-electron chi connectivity index (χ0n) is 16.2. The Bertz CT molecular complexity index is 1360. The van der Waals surface area contributed by atoms with Crippen molar-refractivity contribution < 1.29 is 4.74 Å². The highest BCUT2D eigenvalue weighted by Gasteiger charge is 2.33. The second-order valence-corrected chi connectivity index (χ2v) is 8.45. The first-order valence-electron chi connectivity index (χ1n) is 9.48. The van der Waals surface area contributed by atoms with Crippen LogP contribution in [0.5, 0.6) is 11.6 Å². The standard InChI is InChI=1S/C24H18N4OS/c1-13-6-9-19-17(10-13)22(20-21(26)18(12-25)23(27)28-24(20)29-19)30-16-8-7-14-4-2-3-5-15(14)11-16/h2-11,22H,1H3,(H4,26,27,28). The van der Waals surface area contributed by atoms with E-state index in [-0.39, 0.29) is 16.6 Å². The molecule has 4 N–H and O–H groups in total. The monoisotopic (exact) mass is 410 g/mol. The Morgan fingerprint density at radius 1 is 1.03 bits per heavy atom. The molecule has 0 amide bonds. The fourth-order valence-electron chi connectivity index (χ4n) is 3.79. The fraction of sp³-hybridized carbons (Fsp3) is 0.0833. The number of ether oxygens (including phenoxy) is 1. The lowest BCUT2D eigenvalue weighted by Gasteiger charge is -2.29. The van der Waals surface area contributed by atoms with Crippen LogP contribution in [0.4, 0.5) is 11.5 Å². The second-order valence-electron chi connectivity index (χ2n) is 7.27. The smallest absolute Gasteiger partial charge is 0.228 e. The zero-order valence-corrected chi connectivity index (χ0v) is 17.0. The third kappa shape index (κ3) is 2.92. The molecular formula is C24H18N4OS. The molecule has 0 radical (unpaired) electrons. The number of rotatable bonds is 2. The van der Waals surface area contributed by atoms with Crippen LogP contribution in [0.3, 0.4) is 0 Å². The molecule has 0 spiro atoms. The normalized spacial score (nSPS) is 14.5. The Labute approximate surface area is 178 Å². The average Bonchev–Trinajstić information content (AvgIpc) is 2.74. The number of nitriles is 1. The van der Waals surface area contributed by atoms with Crippen LogP contribution in [0.1, 0.15) is 27.5 Å². The number of pyridine rings is 1. The van der Waals surface area contributed by atoms with E-state index in [9.17, 15) is 5.26 Å². The van der Waals surface area contributed by atoms with Gasteiger partial charge in [0.05, 0.1) is 16.5 Å². The highest BCUT2D eigenvalue weighted by molar-refractivity contribution is 7.99. The summed E-state index contributed by atoms with van der Waals surface area (Å²) in [5.41, 5.74) is 15.7. The van der Waals surface area contributed by atoms with E-state index in [1.165, 1.54) is 10.8 Å². The van der Waals surface area contributed by atoms with Gasteiger partial charge in [0, 0.05) is 10.5 Å². The number of nitrogen functional groups attached to an aromatic ring is 2. The lowest BCUT2D eigenvalue weighted by molar-refractivity contribution is 0.441. The van der Waals surface area contributed by atoms with Gasteiger partial charge in [0.25, 0.3) is 0 Å². The molecule has 146 valence electrons. The van der Waals surface area contributed by atoms with Crippen molar-refractivity contribution in [2.45, 2.75) is 17.1 Å². The van der Waals surface area contributed by atoms with Gasteiger partial charge in [-0.25, -0.2) is 0 Å². The number of hydrogen-bond donors (Lipinski definition) is 2. The van der Waals surface area contributed by atoms with Crippen LogP contribution in [-0.4, -0.2) is 4.98 Å². The largest absolute Gasteiger partial charge is 0.438 e. The molecule has 1 atom stereocenters. The summed E-state index contributed by atoms with van der Waals surface area (Å²) in [6.07, 6.45) is 0. The molecule has 3 aromatic carbocycles. The molecule has 4 aromatic rings. The van der Waals surface area contributed by atoms with Crippen LogP contribution in [0.25, 0.3) is 10.8 Å². The number of aryl methyl sites for hydroxylation is 1. The lowest BCUT2D eigenvalue weighted by Crippen LogP contribution is -2.15. The summed E-state index contributed by atoms with van der Waals surface area (Å²) < 4.78 is 6.04. The Hall–Kier alpha value is -3.69. The van der Waals surface area contributed by atoms with E-state index in [0.29, 0.717) is 17.1 Å². The first kappa shape index (κ1) is 18.3. The average molecular weight is 411 g/mol. The summed E-state index contributed by atoms with van der Waals surface area (Å²) in [6.45, 7) is 2.04. The first-order chi connectivity index (χ1) is 14.5. The van der Waals surface area contributed by atoms with Crippen molar-refractivity contribution in [3.63, 3.8) is 0 Å². The van der Waals surface area contributed by atoms with Gasteiger partial charge in [-0.1, -0.05) is 48.0 Å². The number of anilines is 2. The van der Waals surface area contributed by atoms with Gasteiger partial charge in [0.15, 0.2) is 0 Å². The minimum atomic E-state index is -0.176. The Balaban J connectivity index is 1.70. The van der Waals surface area contributed by atoms with Gasteiger partial charge in [-0.15, -0.1) is 11.8 Å². The third-order valence-electron chi connectivity index (χ3n) is 5.27. The number of benzene rings is 3. The molecule has 2 heterocycles. The summed E-state index contributed by atoms with van der Waals surface area (Å²) in [5.74, 6) is 1.17. The summed E-state index contributed by atoms with van der Waals surface area (Å²) in [4.78, 5) is 5.44. The van der Waals surface area contributed by atoms with Crippen LogP contribution in [0, 0.1) is 18.3 Å². The van der Waals surface area contributed by atoms with Crippen molar-refractivity contribution in [3.8, 4) is 17.7 Å². The molecule has 0 saturated carbocycles. The summed E-state index contributed by atoms with van der Waals surface area (Å²) in [6, 6.07) is 22.7. The molecule has 1 aliphatic rings. The fourth-order valence-corrected chi connectivity index (χ4v) is 5.06. The third-order valence-corrected chi connectivity index (χ3v) is 6.52. The highest BCUT2D eigenvalue weighted by Crippen LogP contribution is 2.54. The Kier molecular flexibility index (Phi) is 4.27.